The second-order valence-electron chi connectivity index (χ2n) is 15.0. The zero-order chi connectivity index (χ0) is 39.5. The lowest BCUT2D eigenvalue weighted by Crippen LogP contribution is -2.45. The molecule has 1 saturated heterocycles. The lowest BCUT2D eigenvalue weighted by Gasteiger charge is -2.39. The van der Waals surface area contributed by atoms with E-state index in [9.17, 15) is 14.9 Å². The Balaban J connectivity index is 1.50. The van der Waals surface area contributed by atoms with Crippen LogP contribution in [0.25, 0.3) is 11.2 Å². The summed E-state index contributed by atoms with van der Waals surface area (Å²) < 4.78 is 42.3. The first-order chi connectivity index (χ1) is 26.4. The van der Waals surface area contributed by atoms with E-state index in [1.807, 2.05) is 18.2 Å². The predicted molar refractivity (Wildman–Crippen MR) is 210 cm³/mol. The van der Waals surface area contributed by atoms with Crippen LogP contribution in [0, 0.1) is 11.3 Å². The molecule has 1 aliphatic heterocycles. The number of ether oxygens (including phenoxy) is 3. The van der Waals surface area contributed by atoms with Crippen molar-refractivity contribution in [3.63, 3.8) is 0 Å². The highest BCUT2D eigenvalue weighted by Gasteiger charge is 2.52. The minimum atomic E-state index is -2.34. The van der Waals surface area contributed by atoms with Gasteiger partial charge in [0.2, 0.25) is 0 Å². The molecule has 3 aromatic rings. The van der Waals surface area contributed by atoms with E-state index in [-0.39, 0.29) is 49.5 Å². The Morgan fingerprint density at radius 2 is 1.84 bits per heavy atom. The molecule has 5 rings (SSSR count). The number of aromatic nitrogens is 4. The van der Waals surface area contributed by atoms with Crippen LogP contribution in [0.5, 0.6) is 0 Å². The highest BCUT2D eigenvalue weighted by atomic mass is 31.2. The lowest BCUT2D eigenvalue weighted by molar-refractivity contribution is -0.0616. The Morgan fingerprint density at radius 3 is 2.55 bits per heavy atom. The van der Waals surface area contributed by atoms with Crippen molar-refractivity contribution in [3.8, 4) is 6.07 Å². The molecule has 0 spiro atoms. The maximum Gasteiger partial charge on any atom is 0.508 e. The molecular formula is C38H54N7O8PSi. The Labute approximate surface area is 325 Å². The zero-order valence-electron chi connectivity index (χ0n) is 32.8. The summed E-state index contributed by atoms with van der Waals surface area (Å²) in [4.78, 5) is 39.7. The van der Waals surface area contributed by atoms with Crippen molar-refractivity contribution < 1.29 is 37.3 Å². The van der Waals surface area contributed by atoms with Gasteiger partial charge in [0.05, 0.1) is 25.4 Å². The summed E-state index contributed by atoms with van der Waals surface area (Å²) in [5, 5.41) is 12.2. The van der Waals surface area contributed by atoms with Crippen LogP contribution in [-0.2, 0) is 27.7 Å². The molecule has 2 aliphatic rings. The molecule has 0 radical (unpaired) electrons. The first-order valence-corrected chi connectivity index (χ1v) is 23.5. The average Bonchev–Trinajstić information content (AvgIpc) is 3.69. The van der Waals surface area contributed by atoms with Crippen molar-refractivity contribution in [2.45, 2.75) is 129 Å². The summed E-state index contributed by atoms with van der Waals surface area (Å²) in [6.45, 7) is 14.4. The van der Waals surface area contributed by atoms with E-state index < -0.39 is 47.5 Å². The molecular weight excluding hydrogens is 742 g/mol. The van der Waals surface area contributed by atoms with Gasteiger partial charge in [0.25, 0.3) is 14.4 Å². The fraction of sp³-hybridized carbons (Fsp3) is 0.579. The molecule has 17 heteroatoms. The number of hydrogen-bond donors (Lipinski definition) is 1. The highest BCUT2D eigenvalue weighted by Crippen LogP contribution is 2.51. The minimum Gasteiger partial charge on any atom is -0.431 e. The lowest BCUT2D eigenvalue weighted by atomic mass is 10.0. The fourth-order valence-corrected chi connectivity index (χ4v) is 9.39. The molecule has 1 aliphatic carbocycles. The van der Waals surface area contributed by atoms with Crippen molar-refractivity contribution in [1.82, 2.24) is 24.2 Å². The number of rotatable bonds is 16. The number of hydrogen-bond acceptors (Lipinski definition) is 13. The summed E-state index contributed by atoms with van der Waals surface area (Å²) in [5.74, 6) is -0.111. The number of carbonyl (C=O) groups is 2. The first kappa shape index (κ1) is 42.3. The summed E-state index contributed by atoms with van der Waals surface area (Å²) in [5.41, 5.74) is 1.21. The minimum absolute atomic E-state index is 0.0305. The second-order valence-corrected chi connectivity index (χ2v) is 20.9. The number of allylic oxidation sites excluding steroid dienone is 1. The van der Waals surface area contributed by atoms with E-state index in [0.29, 0.717) is 16.7 Å². The van der Waals surface area contributed by atoms with Gasteiger partial charge < -0.3 is 33.0 Å². The van der Waals surface area contributed by atoms with Crippen molar-refractivity contribution in [3.05, 3.63) is 60.7 Å². The maximum atomic E-state index is 13.2. The number of anilines is 1. The van der Waals surface area contributed by atoms with Crippen LogP contribution in [0.1, 0.15) is 82.8 Å². The second kappa shape index (κ2) is 19.9. The summed E-state index contributed by atoms with van der Waals surface area (Å²) in [6.07, 6.45) is 7.47. The monoisotopic (exact) mass is 795 g/mol. The molecule has 1 amide bonds. The number of amides is 1. The number of imidazole rings is 1. The van der Waals surface area contributed by atoms with Gasteiger partial charge in [-0.3, -0.25) is 9.36 Å². The fourth-order valence-electron chi connectivity index (χ4n) is 6.56. The summed E-state index contributed by atoms with van der Waals surface area (Å²) >= 11 is 0. The average molecular weight is 796 g/mol. The Bertz CT molecular complexity index is 1780. The van der Waals surface area contributed by atoms with E-state index in [4.69, 9.17) is 27.7 Å². The topological polar surface area (TPSA) is 172 Å². The van der Waals surface area contributed by atoms with Crippen molar-refractivity contribution in [2.24, 2.45) is 0 Å². The molecule has 55 heavy (non-hydrogen) atoms. The quantitative estimate of drug-likeness (QED) is 0.0488. The molecule has 6 atom stereocenters. The van der Waals surface area contributed by atoms with E-state index in [1.165, 1.54) is 6.33 Å². The molecule has 0 bridgehead atoms. The summed E-state index contributed by atoms with van der Waals surface area (Å²) in [7, 11) is -4.09. The van der Waals surface area contributed by atoms with Crippen molar-refractivity contribution in [2.75, 3.05) is 18.5 Å². The number of benzene rings is 1. The number of nitrogens with zero attached hydrogens (tertiary/aromatic N) is 6. The number of nitrogens with one attached hydrogen (secondary N) is 1. The van der Waals surface area contributed by atoms with Gasteiger partial charge in [-0.25, -0.2) is 24.4 Å². The molecule has 1 N–H and O–H groups in total. The SMILES string of the molecule is CC(C)N(C(C)C)P(OCCC#N)O[C@H]1C(O[Si](C)(C)C)[C@H](n2cnc3c(NC(=O)c4ccccc4)ncnc32)O[C@@H]1COC(=O)OC1/C=C/CCCCC1. The zero-order valence-corrected chi connectivity index (χ0v) is 34.7. The molecule has 298 valence electrons. The van der Waals surface area contributed by atoms with Gasteiger partial charge in [0, 0.05) is 17.6 Å². The van der Waals surface area contributed by atoms with Crippen LogP contribution in [0.4, 0.5) is 10.6 Å². The van der Waals surface area contributed by atoms with Gasteiger partial charge in [0.15, 0.2) is 31.5 Å². The number of nitriles is 1. The number of carbonyl (C=O) groups excluding carboxylic acids is 2. The van der Waals surface area contributed by atoms with Gasteiger partial charge in [-0.2, -0.15) is 5.26 Å². The standard InChI is InChI=1S/C38H54N7O8PSi/c1-26(2)45(27(3)4)54(49-22-16-21-39)52-32-30(23-48-38(47)50-29-19-14-9-8-10-15-20-29)51-37(33(32)53-55(5,6)7)44-25-42-31-34(40-24-41-35(31)44)43-36(46)28-17-12-11-13-18-28/h11-14,17-19,24-27,29-30,32-33,37H,8-10,15-16,20,22-23H2,1-7H3,(H,40,41,43,46)/b19-14+/t29?,30-,32-,33?,37-,54?/m1/s1. The van der Waals surface area contributed by atoms with Crippen LogP contribution in [-0.4, -0.2) is 94.3 Å². The largest absolute Gasteiger partial charge is 0.508 e. The molecule has 0 saturated carbocycles. The molecule has 1 aromatic carbocycles. The number of fused-ring (bicyclic) bond motifs is 1. The maximum absolute atomic E-state index is 13.2. The predicted octanol–water partition coefficient (Wildman–Crippen LogP) is 7.90. The van der Waals surface area contributed by atoms with Gasteiger partial charge in [-0.05, 0) is 91.2 Å². The third-order valence-corrected chi connectivity index (χ3v) is 12.0. The van der Waals surface area contributed by atoms with E-state index in [1.54, 1.807) is 35.2 Å². The Morgan fingerprint density at radius 1 is 1.07 bits per heavy atom. The van der Waals surface area contributed by atoms with Crippen LogP contribution in [0.3, 0.4) is 0 Å². The van der Waals surface area contributed by atoms with Crippen LogP contribution < -0.4 is 5.32 Å². The Hall–Kier alpha value is -3.81. The first-order valence-electron chi connectivity index (χ1n) is 19.0. The van der Waals surface area contributed by atoms with Crippen molar-refractivity contribution in [1.29, 1.82) is 5.26 Å². The van der Waals surface area contributed by atoms with E-state index >= 15 is 0 Å². The van der Waals surface area contributed by atoms with Gasteiger partial charge in [-0.15, -0.1) is 0 Å². The summed E-state index contributed by atoms with van der Waals surface area (Å²) in [6, 6.07) is 11.0. The van der Waals surface area contributed by atoms with Crippen LogP contribution in [0.2, 0.25) is 19.6 Å². The van der Waals surface area contributed by atoms with E-state index in [2.05, 4.69) is 78.3 Å². The molecule has 15 nitrogen and oxygen atoms in total. The van der Waals surface area contributed by atoms with E-state index in [0.717, 1.165) is 32.1 Å². The third kappa shape index (κ3) is 11.6. The molecule has 2 aromatic heterocycles. The Kier molecular flexibility index (Phi) is 15.3. The van der Waals surface area contributed by atoms with Crippen LogP contribution >= 0.6 is 8.53 Å². The smallest absolute Gasteiger partial charge is 0.431 e. The molecule has 1 fully saturated rings. The molecule has 3 heterocycles. The van der Waals surface area contributed by atoms with Gasteiger partial charge in [-0.1, -0.05) is 30.7 Å². The molecule has 3 unspecified atom stereocenters. The third-order valence-electron chi connectivity index (χ3n) is 8.87. The van der Waals surface area contributed by atoms with Gasteiger partial charge in [0.1, 0.15) is 37.4 Å². The van der Waals surface area contributed by atoms with Crippen molar-refractivity contribution >= 4 is 45.9 Å². The highest BCUT2D eigenvalue weighted by molar-refractivity contribution is 7.44. The van der Waals surface area contributed by atoms with Gasteiger partial charge >= 0.3 is 6.16 Å². The van der Waals surface area contributed by atoms with Crippen LogP contribution in [0.15, 0.2) is 55.1 Å². The normalized spacial score (nSPS) is 23.0.